The number of rotatable bonds is 6. The smallest absolute Gasteiger partial charge is 0.315 e. The molecular weight excluding hydrogens is 302 g/mol. The van der Waals surface area contributed by atoms with E-state index in [1.807, 2.05) is 62.3 Å². The van der Waals surface area contributed by atoms with Crippen molar-refractivity contribution < 1.29 is 9.90 Å². The van der Waals surface area contributed by atoms with Crippen LogP contribution in [-0.2, 0) is 13.0 Å². The van der Waals surface area contributed by atoms with Crippen molar-refractivity contribution in [1.82, 2.24) is 10.6 Å². The first-order chi connectivity index (χ1) is 11.4. The summed E-state index contributed by atoms with van der Waals surface area (Å²) in [5.41, 5.74) is 3.26. The van der Waals surface area contributed by atoms with Crippen LogP contribution in [0.5, 0.6) is 5.75 Å². The van der Waals surface area contributed by atoms with E-state index in [-0.39, 0.29) is 17.8 Å². The topological polar surface area (TPSA) is 64.6 Å². The average Bonchev–Trinajstić information content (AvgIpc) is 2.55. The van der Waals surface area contributed by atoms with Gasteiger partial charge < -0.3 is 20.6 Å². The number of carbonyl (C=O) groups excluding carboxylic acids is 1. The van der Waals surface area contributed by atoms with Crippen LogP contribution in [0.25, 0.3) is 0 Å². The van der Waals surface area contributed by atoms with Crippen LogP contribution >= 0.6 is 0 Å². The normalized spacial score (nSPS) is 11.6. The second kappa shape index (κ2) is 8.24. The van der Waals surface area contributed by atoms with Crippen LogP contribution in [-0.4, -0.2) is 31.3 Å². The fraction of sp³-hybridized carbons (Fsp3) is 0.316. The van der Waals surface area contributed by atoms with Crippen LogP contribution in [0, 0.1) is 0 Å². The van der Waals surface area contributed by atoms with Gasteiger partial charge in [-0.05, 0) is 48.7 Å². The highest BCUT2D eigenvalue weighted by Crippen LogP contribution is 2.12. The molecule has 0 aliphatic carbocycles. The SMILES string of the molecule is C[C@@H](Cc1ccc(O)cc1)NC(=O)NCc1ccc(N(C)C)cc1. The standard InChI is InChI=1S/C19H25N3O2/c1-14(12-15-6-10-18(23)11-7-15)21-19(24)20-13-16-4-8-17(9-5-16)22(2)3/h4-11,14,23H,12-13H2,1-3H3,(H2,20,21,24)/t14-/m0/s1. The molecule has 0 aromatic heterocycles. The number of carbonyl (C=O) groups is 1. The maximum Gasteiger partial charge on any atom is 0.315 e. The minimum absolute atomic E-state index is 0.00524. The van der Waals surface area contributed by atoms with Crippen LogP contribution in [0.3, 0.4) is 0 Å². The van der Waals surface area contributed by atoms with Gasteiger partial charge in [0.15, 0.2) is 0 Å². The van der Waals surface area contributed by atoms with Crippen molar-refractivity contribution in [2.75, 3.05) is 19.0 Å². The second-order valence-corrected chi connectivity index (χ2v) is 6.16. The summed E-state index contributed by atoms with van der Waals surface area (Å²) in [6, 6.07) is 14.9. The molecule has 0 bridgehead atoms. The quantitative estimate of drug-likeness (QED) is 0.764. The van der Waals surface area contributed by atoms with E-state index in [0.717, 1.165) is 16.8 Å². The minimum atomic E-state index is -0.182. The molecule has 0 aliphatic rings. The summed E-state index contributed by atoms with van der Waals surface area (Å²) in [4.78, 5) is 14.0. The third-order valence-corrected chi connectivity index (χ3v) is 3.76. The zero-order valence-corrected chi connectivity index (χ0v) is 14.4. The van der Waals surface area contributed by atoms with E-state index >= 15 is 0 Å². The van der Waals surface area contributed by atoms with Crippen molar-refractivity contribution in [1.29, 1.82) is 0 Å². The average molecular weight is 327 g/mol. The van der Waals surface area contributed by atoms with Crippen molar-refractivity contribution in [3.05, 3.63) is 59.7 Å². The Morgan fingerprint density at radius 3 is 2.21 bits per heavy atom. The molecule has 5 nitrogen and oxygen atoms in total. The molecule has 2 amide bonds. The third kappa shape index (κ3) is 5.50. The number of urea groups is 1. The van der Waals surface area contributed by atoms with Crippen LogP contribution in [0.15, 0.2) is 48.5 Å². The summed E-state index contributed by atoms with van der Waals surface area (Å²) < 4.78 is 0. The molecule has 2 aromatic rings. The van der Waals surface area contributed by atoms with Crippen LogP contribution in [0.1, 0.15) is 18.1 Å². The summed E-state index contributed by atoms with van der Waals surface area (Å²) in [7, 11) is 3.99. The van der Waals surface area contributed by atoms with Crippen molar-refractivity contribution >= 4 is 11.7 Å². The monoisotopic (exact) mass is 327 g/mol. The number of benzene rings is 2. The lowest BCUT2D eigenvalue weighted by Crippen LogP contribution is -2.41. The number of hydrogen-bond acceptors (Lipinski definition) is 3. The molecule has 3 N–H and O–H groups in total. The first kappa shape index (κ1) is 17.7. The first-order valence-electron chi connectivity index (χ1n) is 8.02. The Morgan fingerprint density at radius 1 is 1.04 bits per heavy atom. The predicted octanol–water partition coefficient (Wildman–Crippen LogP) is 2.89. The lowest BCUT2D eigenvalue weighted by molar-refractivity contribution is 0.237. The maximum atomic E-state index is 12.0. The van der Waals surface area contributed by atoms with Gasteiger partial charge in [0.1, 0.15) is 5.75 Å². The van der Waals surface area contributed by atoms with Gasteiger partial charge in [-0.15, -0.1) is 0 Å². The number of anilines is 1. The predicted molar refractivity (Wildman–Crippen MR) is 97.4 cm³/mol. The Balaban J connectivity index is 1.76. The van der Waals surface area contributed by atoms with Gasteiger partial charge in [0.05, 0.1) is 0 Å². The van der Waals surface area contributed by atoms with Gasteiger partial charge in [-0.3, -0.25) is 0 Å². The van der Waals surface area contributed by atoms with Crippen LogP contribution < -0.4 is 15.5 Å². The number of aromatic hydroxyl groups is 1. The van der Waals surface area contributed by atoms with Gasteiger partial charge in [-0.1, -0.05) is 24.3 Å². The van der Waals surface area contributed by atoms with Crippen LogP contribution in [0.2, 0.25) is 0 Å². The molecule has 2 aromatic carbocycles. The molecule has 2 rings (SSSR count). The van der Waals surface area contributed by atoms with Crippen molar-refractivity contribution in [2.24, 2.45) is 0 Å². The first-order valence-corrected chi connectivity index (χ1v) is 8.02. The summed E-state index contributed by atoms with van der Waals surface area (Å²) in [5.74, 6) is 0.248. The summed E-state index contributed by atoms with van der Waals surface area (Å²) >= 11 is 0. The zero-order chi connectivity index (χ0) is 17.5. The molecule has 0 saturated heterocycles. The molecule has 5 heteroatoms. The van der Waals surface area contributed by atoms with E-state index in [4.69, 9.17) is 0 Å². The number of nitrogens with zero attached hydrogens (tertiary/aromatic N) is 1. The molecule has 0 unspecified atom stereocenters. The van der Waals surface area contributed by atoms with E-state index in [1.54, 1.807) is 12.1 Å². The van der Waals surface area contributed by atoms with Gasteiger partial charge >= 0.3 is 6.03 Å². The highest BCUT2D eigenvalue weighted by atomic mass is 16.3. The number of nitrogens with one attached hydrogen (secondary N) is 2. The lowest BCUT2D eigenvalue weighted by Gasteiger charge is -2.15. The maximum absolute atomic E-state index is 12.0. The highest BCUT2D eigenvalue weighted by Gasteiger charge is 2.08. The molecule has 0 saturated carbocycles. The summed E-state index contributed by atoms with van der Waals surface area (Å²) in [5, 5.41) is 15.1. The van der Waals surface area contributed by atoms with Crippen molar-refractivity contribution in [3.63, 3.8) is 0 Å². The Kier molecular flexibility index (Phi) is 6.07. The Labute approximate surface area is 143 Å². The molecule has 0 aliphatic heterocycles. The fourth-order valence-electron chi connectivity index (χ4n) is 2.41. The molecule has 0 heterocycles. The third-order valence-electron chi connectivity index (χ3n) is 3.76. The van der Waals surface area contributed by atoms with E-state index in [2.05, 4.69) is 10.6 Å². The second-order valence-electron chi connectivity index (χ2n) is 6.16. The van der Waals surface area contributed by atoms with E-state index in [0.29, 0.717) is 13.0 Å². The Bertz CT molecular complexity index is 651. The van der Waals surface area contributed by atoms with Gasteiger partial charge in [0, 0.05) is 32.4 Å². The largest absolute Gasteiger partial charge is 0.508 e. The minimum Gasteiger partial charge on any atom is -0.508 e. The molecule has 1 atom stereocenters. The van der Waals surface area contributed by atoms with Gasteiger partial charge in [-0.2, -0.15) is 0 Å². The summed E-state index contributed by atoms with van der Waals surface area (Å²) in [6.45, 7) is 2.45. The van der Waals surface area contributed by atoms with Crippen molar-refractivity contribution in [2.45, 2.75) is 25.9 Å². The highest BCUT2D eigenvalue weighted by molar-refractivity contribution is 5.74. The zero-order valence-electron chi connectivity index (χ0n) is 14.4. The molecule has 0 fully saturated rings. The summed E-state index contributed by atoms with van der Waals surface area (Å²) in [6.07, 6.45) is 0.714. The molecule has 0 radical (unpaired) electrons. The van der Waals surface area contributed by atoms with E-state index in [9.17, 15) is 9.90 Å². The van der Waals surface area contributed by atoms with E-state index < -0.39 is 0 Å². The Hall–Kier alpha value is -2.69. The number of amides is 2. The van der Waals surface area contributed by atoms with Crippen molar-refractivity contribution in [3.8, 4) is 5.75 Å². The van der Waals surface area contributed by atoms with E-state index in [1.165, 1.54) is 0 Å². The molecular formula is C19H25N3O2. The van der Waals surface area contributed by atoms with Gasteiger partial charge in [0.25, 0.3) is 0 Å². The fourth-order valence-corrected chi connectivity index (χ4v) is 2.41. The molecule has 0 spiro atoms. The molecule has 128 valence electrons. The number of phenols is 1. The van der Waals surface area contributed by atoms with Crippen LogP contribution in [0.4, 0.5) is 10.5 Å². The number of hydrogen-bond donors (Lipinski definition) is 3. The van der Waals surface area contributed by atoms with Gasteiger partial charge in [-0.25, -0.2) is 4.79 Å². The number of phenolic OH excluding ortho intramolecular Hbond substituents is 1. The lowest BCUT2D eigenvalue weighted by atomic mass is 10.1. The van der Waals surface area contributed by atoms with Gasteiger partial charge in [0.2, 0.25) is 0 Å². The molecule has 24 heavy (non-hydrogen) atoms. The Morgan fingerprint density at radius 2 is 1.62 bits per heavy atom.